The second-order valence-electron chi connectivity index (χ2n) is 2.23. The number of nitrogens with zero attached hydrogens (tertiary/aromatic N) is 1. The Morgan fingerprint density at radius 3 is 3.00 bits per heavy atom. The highest BCUT2D eigenvalue weighted by Gasteiger charge is 2.05. The van der Waals surface area contributed by atoms with Gasteiger partial charge in [-0.3, -0.25) is 4.98 Å². The van der Waals surface area contributed by atoms with E-state index in [4.69, 9.17) is 4.74 Å². The van der Waals surface area contributed by atoms with Crippen molar-refractivity contribution in [3.8, 4) is 0 Å². The van der Waals surface area contributed by atoms with Crippen LogP contribution in [0, 0.1) is 0 Å². The molecule has 0 fully saturated rings. The number of rotatable bonds is 3. The molecule has 0 radical (unpaired) electrons. The van der Waals surface area contributed by atoms with Crippen molar-refractivity contribution < 1.29 is 9.84 Å². The number of hydrogen-bond acceptors (Lipinski definition) is 3. The van der Waals surface area contributed by atoms with Crippen molar-refractivity contribution in [2.24, 2.45) is 0 Å². The Morgan fingerprint density at radius 2 is 2.45 bits per heavy atom. The fraction of sp³-hybridized carbons (Fsp3) is 0.375. The van der Waals surface area contributed by atoms with Gasteiger partial charge in [0.15, 0.2) is 0 Å². The summed E-state index contributed by atoms with van der Waals surface area (Å²) in [7, 11) is 1.55. The van der Waals surface area contributed by atoms with Crippen molar-refractivity contribution in [1.82, 2.24) is 4.98 Å². The van der Waals surface area contributed by atoms with E-state index in [0.29, 0.717) is 5.69 Å². The van der Waals surface area contributed by atoms with Gasteiger partial charge in [0.25, 0.3) is 0 Å². The van der Waals surface area contributed by atoms with Crippen LogP contribution in [0.1, 0.15) is 11.8 Å². The molecular formula is C8H11NO2. The molecule has 3 heteroatoms. The van der Waals surface area contributed by atoms with E-state index < -0.39 is 6.10 Å². The molecule has 1 heterocycles. The van der Waals surface area contributed by atoms with Crippen LogP contribution in [0.4, 0.5) is 0 Å². The van der Waals surface area contributed by atoms with Crippen LogP contribution in [0.5, 0.6) is 0 Å². The molecule has 0 aliphatic rings. The highest BCUT2D eigenvalue weighted by molar-refractivity contribution is 5.06. The minimum absolute atomic E-state index is 0.289. The topological polar surface area (TPSA) is 42.4 Å². The van der Waals surface area contributed by atoms with E-state index in [2.05, 4.69) is 4.98 Å². The lowest BCUT2D eigenvalue weighted by molar-refractivity contribution is 0.0617. The minimum atomic E-state index is -0.610. The molecule has 0 saturated heterocycles. The van der Waals surface area contributed by atoms with Crippen LogP contribution in [-0.4, -0.2) is 23.8 Å². The summed E-state index contributed by atoms with van der Waals surface area (Å²) >= 11 is 0. The molecule has 0 saturated carbocycles. The first-order valence-electron chi connectivity index (χ1n) is 3.42. The van der Waals surface area contributed by atoms with E-state index in [1.807, 2.05) is 12.1 Å². The van der Waals surface area contributed by atoms with Gasteiger partial charge in [0, 0.05) is 13.3 Å². The lowest BCUT2D eigenvalue weighted by Crippen LogP contribution is -2.06. The fourth-order valence-electron chi connectivity index (χ4n) is 0.816. The molecule has 60 valence electrons. The molecule has 1 N–H and O–H groups in total. The molecule has 0 aliphatic heterocycles. The largest absolute Gasteiger partial charge is 0.384 e. The molecule has 3 nitrogen and oxygen atoms in total. The van der Waals surface area contributed by atoms with E-state index >= 15 is 0 Å². The first-order chi connectivity index (χ1) is 5.34. The Morgan fingerprint density at radius 1 is 1.64 bits per heavy atom. The molecule has 0 bridgehead atoms. The van der Waals surface area contributed by atoms with Crippen molar-refractivity contribution in [2.75, 3.05) is 13.7 Å². The summed E-state index contributed by atoms with van der Waals surface area (Å²) in [6.07, 6.45) is 1.04. The van der Waals surface area contributed by atoms with Gasteiger partial charge in [-0.2, -0.15) is 0 Å². The predicted molar refractivity (Wildman–Crippen MR) is 41.1 cm³/mol. The molecule has 0 amide bonds. The maximum atomic E-state index is 9.33. The van der Waals surface area contributed by atoms with Crippen molar-refractivity contribution in [3.63, 3.8) is 0 Å². The van der Waals surface area contributed by atoms with Crippen molar-refractivity contribution in [3.05, 3.63) is 30.1 Å². The van der Waals surface area contributed by atoms with Gasteiger partial charge >= 0.3 is 0 Å². The lowest BCUT2D eigenvalue weighted by atomic mass is 10.2. The number of aromatic nitrogens is 1. The molecule has 1 atom stereocenters. The molecule has 0 aliphatic carbocycles. The SMILES string of the molecule is COC[C@H](O)c1ccccn1. The molecule has 1 aromatic heterocycles. The summed E-state index contributed by atoms with van der Waals surface area (Å²) < 4.78 is 4.77. The van der Waals surface area contributed by atoms with Crippen molar-refractivity contribution in [1.29, 1.82) is 0 Å². The smallest absolute Gasteiger partial charge is 0.119 e. The number of ether oxygens (including phenoxy) is 1. The third-order valence-corrected chi connectivity index (χ3v) is 1.35. The predicted octanol–water partition coefficient (Wildman–Crippen LogP) is 0.761. The lowest BCUT2D eigenvalue weighted by Gasteiger charge is -2.06. The Labute approximate surface area is 65.7 Å². The van der Waals surface area contributed by atoms with Crippen LogP contribution in [-0.2, 0) is 4.74 Å². The van der Waals surface area contributed by atoms with Crippen LogP contribution >= 0.6 is 0 Å². The van der Waals surface area contributed by atoms with Gasteiger partial charge in [-0.25, -0.2) is 0 Å². The first kappa shape index (κ1) is 8.17. The summed E-state index contributed by atoms with van der Waals surface area (Å²) in [4.78, 5) is 3.97. The summed E-state index contributed by atoms with van der Waals surface area (Å²) in [5.41, 5.74) is 0.648. The number of pyridine rings is 1. The zero-order valence-corrected chi connectivity index (χ0v) is 6.40. The van der Waals surface area contributed by atoms with Gasteiger partial charge < -0.3 is 9.84 Å². The fourth-order valence-corrected chi connectivity index (χ4v) is 0.816. The number of aliphatic hydroxyl groups excluding tert-OH is 1. The summed E-state index contributed by atoms with van der Waals surface area (Å²) in [6, 6.07) is 5.41. The number of aliphatic hydroxyl groups is 1. The van der Waals surface area contributed by atoms with E-state index in [9.17, 15) is 5.11 Å². The highest BCUT2D eigenvalue weighted by atomic mass is 16.5. The Bertz CT molecular complexity index is 201. The van der Waals surface area contributed by atoms with Crippen molar-refractivity contribution >= 4 is 0 Å². The Kier molecular flexibility index (Phi) is 3.01. The summed E-state index contributed by atoms with van der Waals surface area (Å²) in [5.74, 6) is 0. The Hall–Kier alpha value is -0.930. The van der Waals surface area contributed by atoms with Gasteiger partial charge in [0.2, 0.25) is 0 Å². The van der Waals surface area contributed by atoms with Crippen molar-refractivity contribution in [2.45, 2.75) is 6.10 Å². The van der Waals surface area contributed by atoms with E-state index in [1.165, 1.54) is 0 Å². The standard InChI is InChI=1S/C8H11NO2/c1-11-6-8(10)7-4-2-3-5-9-7/h2-5,8,10H,6H2,1H3/t8-/m0/s1. The van der Waals surface area contributed by atoms with Gasteiger partial charge in [-0.15, -0.1) is 0 Å². The monoisotopic (exact) mass is 153 g/mol. The minimum Gasteiger partial charge on any atom is -0.384 e. The van der Waals surface area contributed by atoms with E-state index in [-0.39, 0.29) is 6.61 Å². The highest BCUT2D eigenvalue weighted by Crippen LogP contribution is 2.07. The zero-order chi connectivity index (χ0) is 8.10. The van der Waals surface area contributed by atoms with Gasteiger partial charge in [0.1, 0.15) is 6.10 Å². The molecular weight excluding hydrogens is 142 g/mol. The zero-order valence-electron chi connectivity index (χ0n) is 6.40. The molecule has 0 unspecified atom stereocenters. The second-order valence-corrected chi connectivity index (χ2v) is 2.23. The van der Waals surface area contributed by atoms with E-state index in [1.54, 1.807) is 19.4 Å². The maximum Gasteiger partial charge on any atom is 0.119 e. The molecule has 0 spiro atoms. The van der Waals surface area contributed by atoms with Crippen LogP contribution < -0.4 is 0 Å². The van der Waals surface area contributed by atoms with Crippen LogP contribution in [0.25, 0.3) is 0 Å². The first-order valence-corrected chi connectivity index (χ1v) is 3.42. The second kappa shape index (κ2) is 4.05. The third kappa shape index (κ3) is 2.29. The molecule has 1 aromatic rings. The van der Waals surface area contributed by atoms with Gasteiger partial charge in [0.05, 0.1) is 12.3 Å². The normalized spacial score (nSPS) is 12.9. The van der Waals surface area contributed by atoms with Crippen LogP contribution in [0.2, 0.25) is 0 Å². The molecule has 1 rings (SSSR count). The van der Waals surface area contributed by atoms with E-state index in [0.717, 1.165) is 0 Å². The number of hydrogen-bond donors (Lipinski definition) is 1. The van der Waals surface area contributed by atoms with Gasteiger partial charge in [-0.05, 0) is 12.1 Å². The average Bonchev–Trinajstić information content (AvgIpc) is 2.07. The quantitative estimate of drug-likeness (QED) is 0.697. The van der Waals surface area contributed by atoms with Crippen LogP contribution in [0.15, 0.2) is 24.4 Å². The summed E-state index contributed by atoms with van der Waals surface area (Å²) in [6.45, 7) is 0.289. The van der Waals surface area contributed by atoms with Gasteiger partial charge in [-0.1, -0.05) is 6.07 Å². The maximum absolute atomic E-state index is 9.33. The summed E-state index contributed by atoms with van der Waals surface area (Å²) in [5, 5.41) is 9.33. The molecule has 0 aromatic carbocycles. The number of methoxy groups -OCH3 is 1. The van der Waals surface area contributed by atoms with Crippen LogP contribution in [0.3, 0.4) is 0 Å². The average molecular weight is 153 g/mol. The molecule has 11 heavy (non-hydrogen) atoms. The third-order valence-electron chi connectivity index (χ3n) is 1.35. The Balaban J connectivity index is 2.61.